The third-order valence-corrected chi connectivity index (χ3v) is 16.2. The maximum absolute atomic E-state index is 12.8. The second-order valence-electron chi connectivity index (χ2n) is 24.6. The third kappa shape index (κ3) is 66.3. The highest BCUT2D eigenvalue weighted by molar-refractivity contribution is 5.71. The van der Waals surface area contributed by atoms with Crippen molar-refractivity contribution in [3.05, 3.63) is 60.6 Å². The summed E-state index contributed by atoms with van der Waals surface area (Å²) in [5.41, 5.74) is 0. The molecule has 0 spiro atoms. The van der Waals surface area contributed by atoms with Crippen LogP contribution in [0.4, 0.5) is 0 Å². The van der Waals surface area contributed by atoms with Crippen molar-refractivity contribution in [3.8, 4) is 0 Å². The van der Waals surface area contributed by atoms with Crippen LogP contribution in [0.5, 0.6) is 0 Å². The summed E-state index contributed by atoms with van der Waals surface area (Å²) in [6, 6.07) is 4.07. The smallest absolute Gasteiger partial charge is 0.306 e. The molecule has 0 aliphatic carbocycles. The number of aryl methyl sites for hydroxylation is 1. The molecule has 0 atom stereocenters. The van der Waals surface area contributed by atoms with Crippen LogP contribution >= 0.6 is 0 Å². The van der Waals surface area contributed by atoms with Gasteiger partial charge in [0.2, 0.25) is 0 Å². The van der Waals surface area contributed by atoms with Crippen LogP contribution < -0.4 is 0 Å². The van der Waals surface area contributed by atoms with E-state index in [4.69, 9.17) is 18.6 Å². The lowest BCUT2D eigenvalue weighted by Gasteiger charge is -2.18. The second-order valence-corrected chi connectivity index (χ2v) is 24.6. The minimum absolute atomic E-state index is 0.0806. The number of ether oxygens (including phenoxy) is 3. The van der Waals surface area contributed by atoms with Crippen molar-refractivity contribution < 1.29 is 33.0 Å². The number of hydrogen-bond acceptors (Lipinski definition) is 7. The molecule has 484 valence electrons. The predicted molar refractivity (Wildman–Crippen MR) is 358 cm³/mol. The molecule has 0 aliphatic rings. The molecule has 0 amide bonds. The lowest BCUT2D eigenvalue weighted by molar-refractivity contribution is -0.167. The minimum atomic E-state index is -0.781. The molecule has 0 bridgehead atoms. The molecule has 0 unspecified atom stereocenters. The largest absolute Gasteiger partial charge is 0.469 e. The number of carbonyl (C=O) groups excluding carboxylic acids is 3. The van der Waals surface area contributed by atoms with E-state index < -0.39 is 6.10 Å². The summed E-state index contributed by atoms with van der Waals surface area (Å²) < 4.78 is 22.2. The van der Waals surface area contributed by atoms with Crippen LogP contribution in [-0.4, -0.2) is 37.2 Å². The van der Waals surface area contributed by atoms with Gasteiger partial charge < -0.3 is 18.6 Å². The van der Waals surface area contributed by atoms with E-state index in [0.29, 0.717) is 19.3 Å². The fourth-order valence-electron chi connectivity index (χ4n) is 10.7. The zero-order valence-electron chi connectivity index (χ0n) is 55.6. The van der Waals surface area contributed by atoms with Crippen molar-refractivity contribution >= 4 is 17.9 Å². The van der Waals surface area contributed by atoms with Crippen LogP contribution in [0.2, 0.25) is 0 Å². The molecule has 83 heavy (non-hydrogen) atoms. The van der Waals surface area contributed by atoms with Gasteiger partial charge in [-0.3, -0.25) is 14.4 Å². The molecule has 1 aromatic heterocycles. The van der Waals surface area contributed by atoms with Gasteiger partial charge in [-0.2, -0.15) is 0 Å². The van der Waals surface area contributed by atoms with Crippen LogP contribution in [0.1, 0.15) is 387 Å². The van der Waals surface area contributed by atoms with Crippen LogP contribution in [0.15, 0.2) is 59.3 Å². The molecule has 1 heterocycles. The van der Waals surface area contributed by atoms with E-state index in [1.807, 2.05) is 6.07 Å². The molecular formula is C76H138O7. The molecule has 7 heteroatoms. The third-order valence-electron chi connectivity index (χ3n) is 16.2. The zero-order chi connectivity index (χ0) is 60.1. The average molecular weight is 1160 g/mol. The van der Waals surface area contributed by atoms with Crippen LogP contribution in [-0.2, 0) is 35.0 Å². The van der Waals surface area contributed by atoms with Crippen molar-refractivity contribution in [1.29, 1.82) is 0 Å². The molecule has 0 aromatic carbocycles. The summed E-state index contributed by atoms with van der Waals surface area (Å²) in [6.07, 6.45) is 82.6. The van der Waals surface area contributed by atoms with E-state index >= 15 is 0 Å². The van der Waals surface area contributed by atoms with Crippen molar-refractivity contribution in [2.24, 2.45) is 0 Å². The number of unbranched alkanes of at least 4 members (excludes halogenated alkanes) is 45. The topological polar surface area (TPSA) is 92.0 Å². The number of furan rings is 1. The van der Waals surface area contributed by atoms with Gasteiger partial charge in [-0.05, 0) is 115 Å². The Labute approximate surface area is 515 Å². The molecule has 0 saturated carbocycles. The van der Waals surface area contributed by atoms with Gasteiger partial charge in [0, 0.05) is 25.7 Å². The van der Waals surface area contributed by atoms with E-state index in [1.165, 1.54) is 257 Å². The molecule has 0 fully saturated rings. The fraction of sp³-hybridized carbons (Fsp3) is 0.829. The van der Waals surface area contributed by atoms with Crippen LogP contribution in [0.25, 0.3) is 0 Å². The van der Waals surface area contributed by atoms with Gasteiger partial charge >= 0.3 is 17.9 Å². The van der Waals surface area contributed by atoms with Crippen molar-refractivity contribution in [2.75, 3.05) is 13.2 Å². The SMILES string of the molecule is CCCCCCCC/C=C\CCCCCCCC(=O)OCC(COC(=O)CCCCCCC/C=C\CCCCCCCC)OC(=O)CCCCCCC/C=C\CCCCCCCC.CCCCCCCCCCCCCCCc1ccco1. The van der Waals surface area contributed by atoms with E-state index in [1.54, 1.807) is 6.26 Å². The highest BCUT2D eigenvalue weighted by atomic mass is 16.6. The Kier molecular flexibility index (Phi) is 67.1. The average Bonchev–Trinajstić information content (AvgIpc) is 4.02. The zero-order valence-corrected chi connectivity index (χ0v) is 55.6. The van der Waals surface area contributed by atoms with E-state index in [9.17, 15) is 14.4 Å². The summed E-state index contributed by atoms with van der Waals surface area (Å²) in [5, 5.41) is 0. The van der Waals surface area contributed by atoms with Crippen LogP contribution in [0.3, 0.4) is 0 Å². The first-order chi connectivity index (χ1) is 41.0. The second kappa shape index (κ2) is 69.7. The van der Waals surface area contributed by atoms with E-state index in [0.717, 1.165) is 89.2 Å². The molecule has 0 saturated heterocycles. The number of allylic oxidation sites excluding steroid dienone is 6. The van der Waals surface area contributed by atoms with Gasteiger partial charge in [0.25, 0.3) is 0 Å². The Balaban J connectivity index is 0.00000280. The van der Waals surface area contributed by atoms with E-state index in [2.05, 4.69) is 70.2 Å². The maximum Gasteiger partial charge on any atom is 0.306 e. The molecule has 1 aromatic rings. The monoisotopic (exact) mass is 1160 g/mol. The number of hydrogen-bond donors (Lipinski definition) is 0. The summed E-state index contributed by atoms with van der Waals surface area (Å²) in [4.78, 5) is 38.0. The maximum atomic E-state index is 12.8. The molecular weight excluding hydrogens is 1020 g/mol. The summed E-state index contributed by atoms with van der Waals surface area (Å²) in [6.45, 7) is 8.91. The first-order valence-corrected chi connectivity index (χ1v) is 36.4. The number of rotatable bonds is 64. The highest BCUT2D eigenvalue weighted by Gasteiger charge is 2.19. The normalized spacial score (nSPS) is 11.6. The molecule has 0 radical (unpaired) electrons. The fourth-order valence-corrected chi connectivity index (χ4v) is 10.7. The van der Waals surface area contributed by atoms with Crippen LogP contribution in [0, 0.1) is 0 Å². The Morgan fingerprint density at radius 2 is 0.590 bits per heavy atom. The number of carbonyl (C=O) groups is 3. The molecule has 7 nitrogen and oxygen atoms in total. The molecule has 0 aliphatic heterocycles. The van der Waals surface area contributed by atoms with Gasteiger partial charge in [-0.25, -0.2) is 0 Å². The lowest BCUT2D eigenvalue weighted by Crippen LogP contribution is -2.30. The first kappa shape index (κ1) is 79.9. The van der Waals surface area contributed by atoms with Gasteiger partial charge in [0.05, 0.1) is 6.26 Å². The summed E-state index contributed by atoms with van der Waals surface area (Å²) in [5.74, 6) is 0.253. The predicted octanol–water partition coefficient (Wildman–Crippen LogP) is 25.0. The Hall–Kier alpha value is -3.09. The van der Waals surface area contributed by atoms with Gasteiger partial charge in [-0.1, -0.05) is 295 Å². The van der Waals surface area contributed by atoms with E-state index in [-0.39, 0.29) is 31.1 Å². The summed E-state index contributed by atoms with van der Waals surface area (Å²) >= 11 is 0. The lowest BCUT2D eigenvalue weighted by atomic mass is 10.0. The van der Waals surface area contributed by atoms with Gasteiger partial charge in [-0.15, -0.1) is 0 Å². The van der Waals surface area contributed by atoms with Gasteiger partial charge in [0.15, 0.2) is 6.10 Å². The molecule has 0 N–H and O–H groups in total. The highest BCUT2D eigenvalue weighted by Crippen LogP contribution is 2.17. The quantitative estimate of drug-likeness (QED) is 0.0278. The Morgan fingerprint density at radius 3 is 0.867 bits per heavy atom. The standard InChI is InChI=1S/C57H104O6.C19H34O/c1-4-7-10-13-16-19-22-25-28-31-34-37-40-43-46-49-55(58)61-52-54(63-57(60)51-48-45-42-39-36-33-30-27-24-21-18-15-12-9-6-3)53-62-56(59)50-47-44-41-38-35-32-29-26-23-20-17-14-11-8-5-2;1-2-3-4-5-6-7-8-9-10-11-12-13-14-16-19-17-15-18-20-19/h25-30,54H,4-24,31-53H2,1-3H3;15,17-18H,2-14,16H2,1H3/b28-25-,29-26-,30-27-;. The minimum Gasteiger partial charge on any atom is -0.469 e. The number of esters is 3. The summed E-state index contributed by atoms with van der Waals surface area (Å²) in [7, 11) is 0. The van der Waals surface area contributed by atoms with Crippen molar-refractivity contribution in [3.63, 3.8) is 0 Å². The Morgan fingerprint density at radius 1 is 0.337 bits per heavy atom. The Bertz CT molecular complexity index is 1470. The van der Waals surface area contributed by atoms with Crippen molar-refractivity contribution in [2.45, 2.75) is 393 Å². The van der Waals surface area contributed by atoms with Crippen molar-refractivity contribution in [1.82, 2.24) is 0 Å². The first-order valence-electron chi connectivity index (χ1n) is 36.4. The molecule has 1 rings (SSSR count). The van der Waals surface area contributed by atoms with Gasteiger partial charge in [0.1, 0.15) is 19.0 Å².